The molecule has 0 heterocycles. The molecule has 0 aromatic carbocycles. The quantitative estimate of drug-likeness (QED) is 0.398. The Kier molecular flexibility index (Phi) is 5.82. The average Bonchev–Trinajstić information content (AvgIpc) is 1.88. The molecule has 0 radical (unpaired) electrons. The van der Waals surface area contributed by atoms with Gasteiger partial charge in [0, 0.05) is 12.7 Å². The fourth-order valence-electron chi connectivity index (χ4n) is 0.331. The van der Waals surface area contributed by atoms with Gasteiger partial charge in [-0.15, -0.1) is 0 Å². The molecular formula is C6H10O2S2. The molecule has 0 saturated carbocycles. The first-order chi connectivity index (χ1) is 4.68. The van der Waals surface area contributed by atoms with Crippen molar-refractivity contribution >= 4 is 35.3 Å². The SMILES string of the molecule is CC(=O)C(=O)SCCCS. The number of carbonyl (C=O) groups is 2. The van der Waals surface area contributed by atoms with Crippen molar-refractivity contribution in [3.05, 3.63) is 0 Å². The molecule has 0 aromatic heterocycles. The van der Waals surface area contributed by atoms with Gasteiger partial charge in [0.15, 0.2) is 0 Å². The summed E-state index contributed by atoms with van der Waals surface area (Å²) in [6, 6.07) is 0. The maximum Gasteiger partial charge on any atom is 0.254 e. The van der Waals surface area contributed by atoms with Gasteiger partial charge in [-0.2, -0.15) is 12.6 Å². The van der Waals surface area contributed by atoms with Crippen LogP contribution < -0.4 is 0 Å². The van der Waals surface area contributed by atoms with Crippen molar-refractivity contribution < 1.29 is 9.59 Å². The summed E-state index contributed by atoms with van der Waals surface area (Å²) >= 11 is 5.04. The summed E-state index contributed by atoms with van der Waals surface area (Å²) in [6.45, 7) is 1.29. The van der Waals surface area contributed by atoms with Crippen LogP contribution in [0.15, 0.2) is 0 Å². The number of rotatable bonds is 4. The molecule has 0 spiro atoms. The van der Waals surface area contributed by atoms with Crippen LogP contribution in [0.25, 0.3) is 0 Å². The summed E-state index contributed by atoms with van der Waals surface area (Å²) in [5, 5.41) is -0.346. The van der Waals surface area contributed by atoms with Crippen LogP contribution >= 0.6 is 24.4 Å². The summed E-state index contributed by atoms with van der Waals surface area (Å²) in [7, 11) is 0. The molecule has 0 saturated heterocycles. The van der Waals surface area contributed by atoms with Crippen LogP contribution in [-0.2, 0) is 9.59 Å². The van der Waals surface area contributed by atoms with Gasteiger partial charge in [0.2, 0.25) is 5.78 Å². The zero-order chi connectivity index (χ0) is 7.98. The van der Waals surface area contributed by atoms with Crippen molar-refractivity contribution in [1.82, 2.24) is 0 Å². The fourth-order valence-corrected chi connectivity index (χ4v) is 1.38. The van der Waals surface area contributed by atoms with Gasteiger partial charge in [0.1, 0.15) is 0 Å². The van der Waals surface area contributed by atoms with Gasteiger partial charge in [-0.3, -0.25) is 9.59 Å². The van der Waals surface area contributed by atoms with E-state index in [9.17, 15) is 9.59 Å². The van der Waals surface area contributed by atoms with Crippen LogP contribution in [-0.4, -0.2) is 22.4 Å². The maximum absolute atomic E-state index is 10.6. The zero-order valence-corrected chi connectivity index (χ0v) is 7.50. The lowest BCUT2D eigenvalue weighted by molar-refractivity contribution is -0.130. The lowest BCUT2D eigenvalue weighted by Crippen LogP contribution is -2.04. The molecule has 0 aliphatic heterocycles. The molecule has 58 valence electrons. The third-order valence-electron chi connectivity index (χ3n) is 0.823. The highest BCUT2D eigenvalue weighted by molar-refractivity contribution is 8.15. The van der Waals surface area contributed by atoms with Gasteiger partial charge in [0.05, 0.1) is 0 Å². The molecule has 0 fully saturated rings. The van der Waals surface area contributed by atoms with E-state index < -0.39 is 0 Å². The van der Waals surface area contributed by atoms with E-state index >= 15 is 0 Å². The minimum atomic E-state index is -0.371. The normalized spacial score (nSPS) is 9.40. The molecule has 4 heteroatoms. The van der Waals surface area contributed by atoms with E-state index in [0.29, 0.717) is 5.75 Å². The Hall–Kier alpha value is 0.0400. The van der Waals surface area contributed by atoms with E-state index in [0.717, 1.165) is 23.9 Å². The molecule has 0 aromatic rings. The highest BCUT2D eigenvalue weighted by atomic mass is 32.2. The molecule has 10 heavy (non-hydrogen) atoms. The van der Waals surface area contributed by atoms with Crippen LogP contribution in [0, 0.1) is 0 Å². The van der Waals surface area contributed by atoms with Crippen LogP contribution in [0.2, 0.25) is 0 Å². The summed E-state index contributed by atoms with van der Waals surface area (Å²) in [5.41, 5.74) is 0. The Morgan fingerprint density at radius 3 is 2.50 bits per heavy atom. The topological polar surface area (TPSA) is 34.1 Å². The van der Waals surface area contributed by atoms with Gasteiger partial charge >= 0.3 is 0 Å². The van der Waals surface area contributed by atoms with Crippen molar-refractivity contribution in [3.63, 3.8) is 0 Å². The van der Waals surface area contributed by atoms with Gasteiger partial charge in [0.25, 0.3) is 5.12 Å². The fraction of sp³-hybridized carbons (Fsp3) is 0.667. The second-order valence-electron chi connectivity index (χ2n) is 1.77. The zero-order valence-electron chi connectivity index (χ0n) is 5.79. The average molecular weight is 178 g/mol. The highest BCUT2D eigenvalue weighted by Crippen LogP contribution is 2.04. The second-order valence-corrected chi connectivity index (χ2v) is 3.28. The minimum Gasteiger partial charge on any atom is -0.290 e. The summed E-state index contributed by atoms with van der Waals surface area (Å²) in [6.07, 6.45) is 0.868. The first-order valence-electron chi connectivity index (χ1n) is 2.97. The predicted molar refractivity (Wildman–Crippen MR) is 46.6 cm³/mol. The Balaban J connectivity index is 3.31. The van der Waals surface area contributed by atoms with E-state index in [2.05, 4.69) is 12.6 Å². The number of thioether (sulfide) groups is 1. The standard InChI is InChI=1S/C6H10O2S2/c1-5(7)6(8)10-4-2-3-9/h9H,2-4H2,1H3. The van der Waals surface area contributed by atoms with E-state index in [1.807, 2.05) is 0 Å². The Bertz CT molecular complexity index is 134. The van der Waals surface area contributed by atoms with Crippen LogP contribution in [0.5, 0.6) is 0 Å². The first-order valence-corrected chi connectivity index (χ1v) is 4.59. The third-order valence-corrected chi connectivity index (χ3v) is 2.18. The number of Topliss-reactive ketones (excluding diaryl/α,β-unsaturated/α-hetero) is 1. The highest BCUT2D eigenvalue weighted by Gasteiger charge is 2.06. The van der Waals surface area contributed by atoms with Crippen LogP contribution in [0.3, 0.4) is 0 Å². The van der Waals surface area contributed by atoms with Crippen molar-refractivity contribution in [2.45, 2.75) is 13.3 Å². The Morgan fingerprint density at radius 2 is 2.10 bits per heavy atom. The number of carbonyl (C=O) groups excluding carboxylic acids is 2. The molecule has 0 rings (SSSR count). The molecule has 0 unspecified atom stereocenters. The molecule has 2 nitrogen and oxygen atoms in total. The summed E-state index contributed by atoms with van der Waals surface area (Å²) in [5.74, 6) is 1.09. The maximum atomic E-state index is 10.6. The monoisotopic (exact) mass is 178 g/mol. The Labute approximate surface area is 70.2 Å². The molecule has 0 aliphatic rings. The number of thiol groups is 1. The molecule has 0 aliphatic carbocycles. The van der Waals surface area contributed by atoms with Crippen molar-refractivity contribution in [2.75, 3.05) is 11.5 Å². The van der Waals surface area contributed by atoms with Gasteiger partial charge in [-0.1, -0.05) is 11.8 Å². The summed E-state index contributed by atoms with van der Waals surface area (Å²) < 4.78 is 0. The lowest BCUT2D eigenvalue weighted by atomic mass is 10.5. The van der Waals surface area contributed by atoms with Gasteiger partial charge in [-0.25, -0.2) is 0 Å². The number of hydrogen-bond acceptors (Lipinski definition) is 4. The van der Waals surface area contributed by atoms with Gasteiger partial charge < -0.3 is 0 Å². The van der Waals surface area contributed by atoms with Crippen LogP contribution in [0.1, 0.15) is 13.3 Å². The van der Waals surface area contributed by atoms with E-state index in [1.165, 1.54) is 6.92 Å². The molecule has 0 amide bonds. The number of ketones is 1. The third kappa shape index (κ3) is 4.88. The van der Waals surface area contributed by atoms with Crippen molar-refractivity contribution in [2.24, 2.45) is 0 Å². The number of hydrogen-bond donors (Lipinski definition) is 1. The molecule has 0 atom stereocenters. The second kappa shape index (κ2) is 5.80. The van der Waals surface area contributed by atoms with Crippen LogP contribution in [0.4, 0.5) is 0 Å². The smallest absolute Gasteiger partial charge is 0.254 e. The summed E-state index contributed by atoms with van der Waals surface area (Å²) in [4.78, 5) is 21.0. The molecule has 0 bridgehead atoms. The largest absolute Gasteiger partial charge is 0.290 e. The van der Waals surface area contributed by atoms with E-state index in [4.69, 9.17) is 0 Å². The molecule has 0 N–H and O–H groups in total. The van der Waals surface area contributed by atoms with Crippen molar-refractivity contribution in [1.29, 1.82) is 0 Å². The molecular weight excluding hydrogens is 168 g/mol. The van der Waals surface area contributed by atoms with E-state index in [1.54, 1.807) is 0 Å². The lowest BCUT2D eigenvalue weighted by Gasteiger charge is -1.92. The van der Waals surface area contributed by atoms with Gasteiger partial charge in [-0.05, 0) is 12.2 Å². The Morgan fingerprint density at radius 1 is 1.50 bits per heavy atom. The first kappa shape index (κ1) is 10.0. The van der Waals surface area contributed by atoms with E-state index in [-0.39, 0.29) is 10.9 Å². The van der Waals surface area contributed by atoms with Crippen molar-refractivity contribution in [3.8, 4) is 0 Å². The predicted octanol–water partition coefficient (Wildman–Crippen LogP) is 1.16. The minimum absolute atomic E-state index is 0.346.